The van der Waals surface area contributed by atoms with E-state index in [0.717, 1.165) is 63.3 Å². The van der Waals surface area contributed by atoms with Gasteiger partial charge in [-0.05, 0) is 37.0 Å². The van der Waals surface area contributed by atoms with Gasteiger partial charge in [0.05, 0.1) is 13.7 Å². The van der Waals surface area contributed by atoms with Gasteiger partial charge in [-0.25, -0.2) is 9.67 Å². The van der Waals surface area contributed by atoms with Crippen molar-refractivity contribution in [2.45, 2.75) is 44.8 Å². The van der Waals surface area contributed by atoms with Crippen molar-refractivity contribution in [3.8, 4) is 11.5 Å². The van der Waals surface area contributed by atoms with Crippen molar-refractivity contribution < 1.29 is 14.3 Å². The van der Waals surface area contributed by atoms with E-state index in [0.29, 0.717) is 17.5 Å². The zero-order chi connectivity index (χ0) is 19.3. The lowest BCUT2D eigenvalue weighted by molar-refractivity contribution is -0.132. The number of rotatable bonds is 7. The Bertz CT molecular complexity index is 816. The number of nitrogens with one attached hydrogen (secondary N) is 1. The normalized spacial score (nSPS) is 18.8. The lowest BCUT2D eigenvalue weighted by Crippen LogP contribution is -2.37. The van der Waals surface area contributed by atoms with Crippen molar-refractivity contribution in [1.29, 1.82) is 0 Å². The molecule has 8 heteroatoms. The highest BCUT2D eigenvalue weighted by atomic mass is 16.5. The van der Waals surface area contributed by atoms with Crippen LogP contribution in [0.25, 0.3) is 0 Å². The molecule has 28 heavy (non-hydrogen) atoms. The summed E-state index contributed by atoms with van der Waals surface area (Å²) < 4.78 is 13.2. The van der Waals surface area contributed by atoms with Crippen LogP contribution in [0.3, 0.4) is 0 Å². The van der Waals surface area contributed by atoms with E-state index < -0.39 is 0 Å². The number of hydrogen-bond acceptors (Lipinski definition) is 6. The Labute approximate surface area is 164 Å². The first kappa shape index (κ1) is 18.7. The molecule has 0 radical (unpaired) electrons. The molecule has 1 saturated heterocycles. The topological polar surface area (TPSA) is 81.5 Å². The maximum absolute atomic E-state index is 12.2. The van der Waals surface area contributed by atoms with Gasteiger partial charge in [-0.3, -0.25) is 4.79 Å². The second kappa shape index (κ2) is 8.60. The van der Waals surface area contributed by atoms with Crippen molar-refractivity contribution in [3.05, 3.63) is 35.9 Å². The summed E-state index contributed by atoms with van der Waals surface area (Å²) in [6.07, 6.45) is 5.77. The first-order chi connectivity index (χ1) is 13.7. The number of fused-ring (bicyclic) bond motifs is 1. The van der Waals surface area contributed by atoms with Crippen molar-refractivity contribution in [2.75, 3.05) is 26.8 Å². The Balaban J connectivity index is 1.31. The summed E-state index contributed by atoms with van der Waals surface area (Å²) in [7, 11) is 1.62. The molecule has 1 aromatic heterocycles. The Morgan fingerprint density at radius 2 is 2.14 bits per heavy atom. The van der Waals surface area contributed by atoms with Crippen LogP contribution in [0, 0.1) is 0 Å². The van der Waals surface area contributed by atoms with E-state index in [1.807, 2.05) is 27.8 Å². The zero-order valence-corrected chi connectivity index (χ0v) is 16.3. The molecule has 2 aliphatic heterocycles. The number of benzene rings is 1. The molecule has 0 spiro atoms. The second-order valence-electron chi connectivity index (χ2n) is 7.34. The van der Waals surface area contributed by atoms with Crippen molar-refractivity contribution in [3.63, 3.8) is 0 Å². The Morgan fingerprint density at radius 1 is 1.29 bits per heavy atom. The Kier molecular flexibility index (Phi) is 5.76. The molecular weight excluding hydrogens is 358 g/mol. The van der Waals surface area contributed by atoms with E-state index >= 15 is 0 Å². The summed E-state index contributed by atoms with van der Waals surface area (Å²) >= 11 is 0. The molecule has 0 saturated carbocycles. The summed E-state index contributed by atoms with van der Waals surface area (Å²) in [5, 5.41) is 7.84. The number of nitrogens with zero attached hydrogens (tertiary/aromatic N) is 4. The van der Waals surface area contributed by atoms with Crippen LogP contribution >= 0.6 is 0 Å². The van der Waals surface area contributed by atoms with Crippen molar-refractivity contribution in [2.24, 2.45) is 0 Å². The van der Waals surface area contributed by atoms with E-state index in [1.54, 1.807) is 13.4 Å². The molecule has 8 nitrogen and oxygen atoms in total. The first-order valence-electron chi connectivity index (χ1n) is 9.90. The monoisotopic (exact) mass is 385 g/mol. The van der Waals surface area contributed by atoms with Crippen molar-refractivity contribution in [1.82, 2.24) is 25.0 Å². The smallest absolute Gasteiger partial charge is 0.260 e. The molecule has 1 atom stereocenters. The third-order valence-corrected chi connectivity index (χ3v) is 5.44. The number of likely N-dealkylation sites (tertiary alicyclic amines) is 1. The number of carbonyl (C=O) groups excluding carboxylic acids is 1. The molecule has 1 fully saturated rings. The number of aryl methyl sites for hydroxylation is 1. The summed E-state index contributed by atoms with van der Waals surface area (Å²) in [6, 6.07) is 6.22. The highest BCUT2D eigenvalue weighted by molar-refractivity contribution is 5.78. The fourth-order valence-electron chi connectivity index (χ4n) is 3.80. The maximum Gasteiger partial charge on any atom is 0.260 e. The summed E-state index contributed by atoms with van der Waals surface area (Å²) in [5.74, 6) is 2.35. The molecule has 2 aliphatic rings. The molecule has 1 N–H and O–H groups in total. The van der Waals surface area contributed by atoms with Crippen LogP contribution in [0.15, 0.2) is 24.5 Å². The molecule has 0 bridgehead atoms. The van der Waals surface area contributed by atoms with Gasteiger partial charge < -0.3 is 19.7 Å². The third kappa shape index (κ3) is 4.27. The van der Waals surface area contributed by atoms with Crippen LogP contribution in [0.1, 0.15) is 30.7 Å². The van der Waals surface area contributed by atoms with E-state index in [2.05, 4.69) is 15.4 Å². The van der Waals surface area contributed by atoms with E-state index in [-0.39, 0.29) is 12.5 Å². The van der Waals surface area contributed by atoms with Crippen LogP contribution in [-0.4, -0.2) is 58.4 Å². The summed E-state index contributed by atoms with van der Waals surface area (Å²) in [4.78, 5) is 18.3. The molecule has 4 rings (SSSR count). The average molecular weight is 385 g/mol. The Morgan fingerprint density at radius 3 is 2.96 bits per heavy atom. The SMILES string of the molecule is COc1cc(CNC2CCc3ncnn3C2)ccc1OCC(=O)N1CCCC1. The lowest BCUT2D eigenvalue weighted by Gasteiger charge is -2.24. The van der Waals surface area contributed by atoms with Gasteiger partial charge in [0.2, 0.25) is 0 Å². The maximum atomic E-state index is 12.2. The van der Waals surface area contributed by atoms with Gasteiger partial charge >= 0.3 is 0 Å². The number of methoxy groups -OCH3 is 1. The van der Waals surface area contributed by atoms with Gasteiger partial charge in [0.1, 0.15) is 12.2 Å². The standard InChI is InChI=1S/C20H27N5O3/c1-27-18-10-15(11-21-16-5-7-19-22-14-23-25(19)12-16)4-6-17(18)28-13-20(26)24-8-2-3-9-24/h4,6,10,14,16,21H,2-3,5,7-9,11-13H2,1H3. The van der Waals surface area contributed by atoms with Gasteiger partial charge in [-0.15, -0.1) is 0 Å². The van der Waals surface area contributed by atoms with Gasteiger partial charge in [0, 0.05) is 32.1 Å². The number of aromatic nitrogens is 3. The minimum Gasteiger partial charge on any atom is -0.493 e. The van der Waals surface area contributed by atoms with Crippen LogP contribution in [0.2, 0.25) is 0 Å². The third-order valence-electron chi connectivity index (χ3n) is 5.44. The largest absolute Gasteiger partial charge is 0.493 e. The van der Waals surface area contributed by atoms with Crippen LogP contribution < -0.4 is 14.8 Å². The van der Waals surface area contributed by atoms with E-state index in [9.17, 15) is 4.79 Å². The van der Waals surface area contributed by atoms with Gasteiger partial charge in [-0.1, -0.05) is 6.07 Å². The summed E-state index contributed by atoms with van der Waals surface area (Å²) in [6.45, 7) is 3.29. The minimum absolute atomic E-state index is 0.0371. The van der Waals surface area contributed by atoms with Gasteiger partial charge in [0.25, 0.3) is 5.91 Å². The predicted molar refractivity (Wildman–Crippen MR) is 103 cm³/mol. The Hall–Kier alpha value is -2.61. The van der Waals surface area contributed by atoms with E-state index in [4.69, 9.17) is 9.47 Å². The molecule has 1 amide bonds. The van der Waals surface area contributed by atoms with Crippen LogP contribution in [0.4, 0.5) is 0 Å². The number of ether oxygens (including phenoxy) is 2. The fourth-order valence-corrected chi connectivity index (χ4v) is 3.80. The molecule has 0 aliphatic carbocycles. The quantitative estimate of drug-likeness (QED) is 0.776. The number of amides is 1. The number of hydrogen-bond donors (Lipinski definition) is 1. The highest BCUT2D eigenvalue weighted by Gasteiger charge is 2.20. The molecule has 150 valence electrons. The minimum atomic E-state index is 0.0371. The van der Waals surface area contributed by atoms with Gasteiger partial charge in [0.15, 0.2) is 18.1 Å². The molecule has 3 heterocycles. The van der Waals surface area contributed by atoms with Crippen molar-refractivity contribution >= 4 is 5.91 Å². The predicted octanol–water partition coefficient (Wildman–Crippen LogP) is 1.39. The zero-order valence-electron chi connectivity index (χ0n) is 16.3. The molecule has 2 aromatic rings. The first-order valence-corrected chi connectivity index (χ1v) is 9.90. The molecule has 1 unspecified atom stereocenters. The number of carbonyl (C=O) groups is 1. The average Bonchev–Trinajstić information content (AvgIpc) is 3.42. The van der Waals surface area contributed by atoms with Crippen LogP contribution in [0.5, 0.6) is 11.5 Å². The summed E-state index contributed by atoms with van der Waals surface area (Å²) in [5.41, 5.74) is 1.11. The fraction of sp³-hybridized carbons (Fsp3) is 0.550. The lowest BCUT2D eigenvalue weighted by atomic mass is 10.1. The van der Waals surface area contributed by atoms with Gasteiger partial charge in [-0.2, -0.15) is 5.10 Å². The second-order valence-corrected chi connectivity index (χ2v) is 7.34. The highest BCUT2D eigenvalue weighted by Crippen LogP contribution is 2.28. The molecule has 1 aromatic carbocycles. The molecular formula is C20H27N5O3. The van der Waals surface area contributed by atoms with Crippen LogP contribution in [-0.2, 0) is 24.3 Å². The van der Waals surface area contributed by atoms with E-state index in [1.165, 1.54) is 0 Å².